The molecule has 0 saturated carbocycles. The van der Waals surface area contributed by atoms with Crippen LogP contribution in [0.15, 0.2) is 11.8 Å². The molecule has 154 valence electrons. The number of benzene rings is 1. The van der Waals surface area contributed by atoms with Crippen molar-refractivity contribution in [1.29, 1.82) is 0 Å². The molecule has 3 rings (SSSR count). The van der Waals surface area contributed by atoms with Gasteiger partial charge in [-0.3, -0.25) is 9.80 Å². The topological polar surface area (TPSA) is 45.2 Å². The maximum absolute atomic E-state index is 13.7. The zero-order chi connectivity index (χ0) is 20.8. The van der Waals surface area contributed by atoms with Crippen molar-refractivity contribution >= 4 is 11.5 Å². The van der Waals surface area contributed by atoms with Gasteiger partial charge in [0.05, 0.1) is 19.8 Å². The van der Waals surface area contributed by atoms with E-state index in [1.54, 1.807) is 14.2 Å². The zero-order valence-corrected chi connectivity index (χ0v) is 18.5. The Labute approximate surface area is 168 Å². The molecule has 0 atom stereocenters. The SMILES string of the molecule is COC1=C(c2c(C)cc(C)c(C)c2C)C(=O)N(N(C)C)C12CCN(OC)CC2. The summed E-state index contributed by atoms with van der Waals surface area (Å²) in [6.45, 7) is 9.93. The van der Waals surface area contributed by atoms with E-state index >= 15 is 0 Å². The quantitative estimate of drug-likeness (QED) is 0.795. The van der Waals surface area contributed by atoms with E-state index in [4.69, 9.17) is 9.57 Å². The predicted octanol–water partition coefficient (Wildman–Crippen LogP) is 2.99. The minimum absolute atomic E-state index is 0.0159. The van der Waals surface area contributed by atoms with Gasteiger partial charge in [0.2, 0.25) is 0 Å². The molecule has 6 nitrogen and oxygen atoms in total. The highest BCUT2D eigenvalue weighted by molar-refractivity contribution is 6.23. The maximum atomic E-state index is 13.7. The summed E-state index contributed by atoms with van der Waals surface area (Å²) in [4.78, 5) is 19.2. The maximum Gasteiger partial charge on any atom is 0.273 e. The molecule has 1 saturated heterocycles. The second-order valence-corrected chi connectivity index (χ2v) is 8.15. The average molecular weight is 388 g/mol. The number of hydroxylamine groups is 2. The van der Waals surface area contributed by atoms with E-state index in [0.717, 1.165) is 48.4 Å². The van der Waals surface area contributed by atoms with Crippen LogP contribution in [0.5, 0.6) is 0 Å². The number of carbonyl (C=O) groups excluding carboxylic acids is 1. The van der Waals surface area contributed by atoms with Crippen molar-refractivity contribution in [3.63, 3.8) is 0 Å². The van der Waals surface area contributed by atoms with Crippen LogP contribution in [0, 0.1) is 27.7 Å². The lowest BCUT2D eigenvalue weighted by Gasteiger charge is -2.46. The Morgan fingerprint density at radius 1 is 1.00 bits per heavy atom. The summed E-state index contributed by atoms with van der Waals surface area (Å²) in [7, 11) is 7.25. The Morgan fingerprint density at radius 2 is 1.61 bits per heavy atom. The molecule has 0 bridgehead atoms. The Kier molecular flexibility index (Phi) is 5.58. The fourth-order valence-corrected chi connectivity index (χ4v) is 4.95. The second kappa shape index (κ2) is 7.50. The van der Waals surface area contributed by atoms with Gasteiger partial charge >= 0.3 is 0 Å². The lowest BCUT2D eigenvalue weighted by atomic mass is 9.84. The third kappa shape index (κ3) is 2.95. The number of methoxy groups -OCH3 is 1. The van der Waals surface area contributed by atoms with Crippen LogP contribution in [0.4, 0.5) is 0 Å². The minimum Gasteiger partial charge on any atom is -0.498 e. The van der Waals surface area contributed by atoms with Crippen LogP contribution in [0.3, 0.4) is 0 Å². The largest absolute Gasteiger partial charge is 0.498 e. The normalized spacial score (nSPS) is 20.0. The van der Waals surface area contributed by atoms with Crippen molar-refractivity contribution in [1.82, 2.24) is 15.1 Å². The van der Waals surface area contributed by atoms with Crippen LogP contribution in [-0.2, 0) is 14.4 Å². The first-order valence-corrected chi connectivity index (χ1v) is 9.87. The number of piperidine rings is 1. The molecule has 1 aromatic rings. The number of hydrazine groups is 1. The van der Waals surface area contributed by atoms with Gasteiger partial charge in [-0.15, -0.1) is 0 Å². The van der Waals surface area contributed by atoms with Gasteiger partial charge in [0.1, 0.15) is 11.3 Å². The summed E-state index contributed by atoms with van der Waals surface area (Å²) in [6, 6.07) is 2.17. The molecule has 0 aliphatic carbocycles. The first-order chi connectivity index (χ1) is 13.2. The minimum atomic E-state index is -0.475. The van der Waals surface area contributed by atoms with Crippen molar-refractivity contribution in [3.8, 4) is 0 Å². The monoisotopic (exact) mass is 387 g/mol. The molecule has 1 amide bonds. The third-order valence-corrected chi connectivity index (χ3v) is 6.48. The van der Waals surface area contributed by atoms with Gasteiger partial charge in [-0.2, -0.15) is 5.06 Å². The number of hydrogen-bond acceptors (Lipinski definition) is 5. The zero-order valence-electron chi connectivity index (χ0n) is 18.5. The van der Waals surface area contributed by atoms with Crippen molar-refractivity contribution in [3.05, 3.63) is 39.6 Å². The molecule has 0 N–H and O–H groups in total. The standard InChI is InChI=1S/C22H33N3O3/c1-14-13-15(2)18(17(4)16(14)3)19-20(27-7)22(25(21(19)26)23(5)6)9-11-24(28-8)12-10-22/h13H,9-12H2,1-8H3. The summed E-state index contributed by atoms with van der Waals surface area (Å²) in [5, 5.41) is 5.74. The van der Waals surface area contributed by atoms with Crippen LogP contribution in [0.1, 0.15) is 40.7 Å². The number of hydrogen-bond donors (Lipinski definition) is 0. The summed E-state index contributed by atoms with van der Waals surface area (Å²) < 4.78 is 6.00. The van der Waals surface area contributed by atoms with Crippen LogP contribution in [-0.4, -0.2) is 67.9 Å². The van der Waals surface area contributed by atoms with Gasteiger partial charge in [0, 0.05) is 27.2 Å². The molecular formula is C22H33N3O3. The predicted molar refractivity (Wildman–Crippen MR) is 110 cm³/mol. The van der Waals surface area contributed by atoms with E-state index < -0.39 is 5.54 Å². The van der Waals surface area contributed by atoms with E-state index in [9.17, 15) is 4.79 Å². The molecule has 1 fully saturated rings. The van der Waals surface area contributed by atoms with Gasteiger partial charge in [0.15, 0.2) is 0 Å². The number of amides is 1. The van der Waals surface area contributed by atoms with Crippen LogP contribution in [0.2, 0.25) is 0 Å². The number of ether oxygens (including phenoxy) is 1. The van der Waals surface area contributed by atoms with Crippen LogP contribution in [0.25, 0.3) is 5.57 Å². The van der Waals surface area contributed by atoms with Crippen molar-refractivity contribution in [2.75, 3.05) is 41.4 Å². The Bertz CT molecular complexity index is 821. The molecule has 0 unspecified atom stereocenters. The number of aryl methyl sites for hydroxylation is 2. The molecular weight excluding hydrogens is 354 g/mol. The average Bonchev–Trinajstić information content (AvgIpc) is 2.88. The fourth-order valence-electron chi connectivity index (χ4n) is 4.95. The molecule has 2 heterocycles. The first-order valence-electron chi connectivity index (χ1n) is 9.87. The molecule has 1 aromatic carbocycles. The number of nitrogens with zero attached hydrogens (tertiary/aromatic N) is 3. The molecule has 6 heteroatoms. The first kappa shape index (κ1) is 20.8. The van der Waals surface area contributed by atoms with E-state index in [-0.39, 0.29) is 5.91 Å². The number of rotatable bonds is 4. The highest BCUT2D eigenvalue weighted by Crippen LogP contribution is 2.48. The summed E-state index contributed by atoms with van der Waals surface area (Å²) in [5.74, 6) is 0.804. The van der Waals surface area contributed by atoms with E-state index in [1.165, 1.54) is 11.1 Å². The van der Waals surface area contributed by atoms with Crippen LogP contribution < -0.4 is 0 Å². The lowest BCUT2D eigenvalue weighted by Crippen LogP contribution is -2.59. The summed E-state index contributed by atoms with van der Waals surface area (Å²) in [6.07, 6.45) is 1.53. The molecule has 1 spiro atoms. The number of carbonyl (C=O) groups is 1. The fraction of sp³-hybridized carbons (Fsp3) is 0.591. The van der Waals surface area contributed by atoms with Gasteiger partial charge in [-0.05, 0) is 68.4 Å². The second-order valence-electron chi connectivity index (χ2n) is 8.15. The molecule has 28 heavy (non-hydrogen) atoms. The van der Waals surface area contributed by atoms with Gasteiger partial charge in [-0.1, -0.05) is 6.07 Å². The van der Waals surface area contributed by atoms with Crippen molar-refractivity contribution in [2.45, 2.75) is 46.1 Å². The Hall–Kier alpha value is -1.89. The van der Waals surface area contributed by atoms with E-state index in [0.29, 0.717) is 5.57 Å². The summed E-state index contributed by atoms with van der Waals surface area (Å²) in [5.41, 5.74) is 5.99. The van der Waals surface area contributed by atoms with E-state index in [2.05, 4.69) is 33.8 Å². The molecule has 2 aliphatic heterocycles. The smallest absolute Gasteiger partial charge is 0.273 e. The van der Waals surface area contributed by atoms with E-state index in [1.807, 2.05) is 29.2 Å². The Balaban J connectivity index is 2.24. The van der Waals surface area contributed by atoms with Crippen molar-refractivity contribution < 1.29 is 14.4 Å². The summed E-state index contributed by atoms with van der Waals surface area (Å²) >= 11 is 0. The molecule has 2 aliphatic rings. The molecule has 0 aromatic heterocycles. The highest BCUT2D eigenvalue weighted by atomic mass is 16.7. The highest BCUT2D eigenvalue weighted by Gasteiger charge is 2.56. The van der Waals surface area contributed by atoms with Crippen molar-refractivity contribution in [2.24, 2.45) is 0 Å². The van der Waals surface area contributed by atoms with Gasteiger partial charge in [0.25, 0.3) is 5.91 Å². The lowest BCUT2D eigenvalue weighted by molar-refractivity contribution is -0.182. The van der Waals surface area contributed by atoms with Crippen LogP contribution >= 0.6 is 0 Å². The van der Waals surface area contributed by atoms with Gasteiger partial charge < -0.3 is 9.57 Å². The Morgan fingerprint density at radius 3 is 2.11 bits per heavy atom. The molecule has 0 radical (unpaired) electrons. The van der Waals surface area contributed by atoms with Gasteiger partial charge in [-0.25, -0.2) is 5.01 Å². The third-order valence-electron chi connectivity index (χ3n) is 6.48.